The highest BCUT2D eigenvalue weighted by Crippen LogP contribution is 2.20. The van der Waals surface area contributed by atoms with Gasteiger partial charge in [-0.25, -0.2) is 4.98 Å². The predicted octanol–water partition coefficient (Wildman–Crippen LogP) is 1.94. The average Bonchev–Trinajstić information content (AvgIpc) is 2.32. The van der Waals surface area contributed by atoms with Crippen molar-refractivity contribution in [3.8, 4) is 17.5 Å². The first kappa shape index (κ1) is 10.4. The molecule has 0 aliphatic carbocycles. The molecule has 0 amide bonds. The van der Waals surface area contributed by atoms with Crippen LogP contribution in [0.2, 0.25) is 0 Å². The van der Waals surface area contributed by atoms with Gasteiger partial charge in [-0.15, -0.1) is 0 Å². The Morgan fingerprint density at radius 3 is 2.62 bits per heavy atom. The van der Waals surface area contributed by atoms with Gasteiger partial charge in [0.1, 0.15) is 17.8 Å². The lowest BCUT2D eigenvalue weighted by Crippen LogP contribution is -1.96. The normalized spacial score (nSPS) is 9.81. The first-order valence-corrected chi connectivity index (χ1v) is 4.68. The Labute approximate surface area is 96.0 Å². The highest BCUT2D eigenvalue weighted by Gasteiger charge is 2.02. The molecule has 2 rings (SSSR count). The zero-order chi connectivity index (χ0) is 11.4. The molecule has 2 N–H and O–H groups in total. The molecule has 0 spiro atoms. The van der Waals surface area contributed by atoms with Crippen molar-refractivity contribution in [2.45, 2.75) is 0 Å². The lowest BCUT2D eigenvalue weighted by molar-refractivity contribution is 0.436. The van der Waals surface area contributed by atoms with Crippen LogP contribution in [0.3, 0.4) is 0 Å². The molecule has 6 nitrogen and oxygen atoms in total. The molecule has 82 valence electrons. The Bertz CT molecular complexity index is 477. The number of rotatable bonds is 3. The predicted molar refractivity (Wildman–Crippen MR) is 57.5 cm³/mol. The van der Waals surface area contributed by atoms with Crippen LogP contribution in [0.4, 0.5) is 5.95 Å². The van der Waals surface area contributed by atoms with E-state index in [1.807, 2.05) is 0 Å². The first-order valence-electron chi connectivity index (χ1n) is 4.30. The summed E-state index contributed by atoms with van der Waals surface area (Å²) in [5.74, 6) is 0.862. The van der Waals surface area contributed by atoms with Crippen LogP contribution in [0, 0.1) is 0 Å². The topological polar surface area (TPSA) is 80.2 Å². The van der Waals surface area contributed by atoms with Gasteiger partial charge in [-0.3, -0.25) is 4.84 Å². The Morgan fingerprint density at radius 1 is 1.19 bits per heavy atom. The smallest absolute Gasteiger partial charge is 0.326 e. The zero-order valence-corrected chi connectivity index (χ0v) is 8.72. The van der Waals surface area contributed by atoms with E-state index in [0.29, 0.717) is 5.75 Å². The summed E-state index contributed by atoms with van der Waals surface area (Å²) in [5.41, 5.74) is 0. The molecular formula is C9H7ClN4O2. The number of nitrogens with zero attached hydrogens (tertiary/aromatic N) is 3. The van der Waals surface area contributed by atoms with Gasteiger partial charge >= 0.3 is 6.01 Å². The third-order valence-electron chi connectivity index (χ3n) is 1.68. The van der Waals surface area contributed by atoms with Crippen LogP contribution in [-0.4, -0.2) is 20.1 Å². The van der Waals surface area contributed by atoms with Crippen molar-refractivity contribution >= 4 is 17.7 Å². The standard InChI is InChI=1S/C9H7ClN4O2/c10-14-8-11-5-12-9(13-8)16-7-3-1-6(15)2-4-7/h1-5,15H,(H,11,12,13,14). The summed E-state index contributed by atoms with van der Waals surface area (Å²) in [7, 11) is 0. The van der Waals surface area contributed by atoms with Crippen molar-refractivity contribution in [2.75, 3.05) is 4.84 Å². The minimum Gasteiger partial charge on any atom is -0.508 e. The zero-order valence-electron chi connectivity index (χ0n) is 7.96. The summed E-state index contributed by atoms with van der Waals surface area (Å²) in [6.45, 7) is 0. The Kier molecular flexibility index (Phi) is 3.02. The summed E-state index contributed by atoms with van der Waals surface area (Å²) in [4.78, 5) is 13.6. The van der Waals surface area contributed by atoms with E-state index in [2.05, 4.69) is 19.8 Å². The largest absolute Gasteiger partial charge is 0.508 e. The third-order valence-corrected chi connectivity index (χ3v) is 1.85. The van der Waals surface area contributed by atoms with Crippen LogP contribution < -0.4 is 9.57 Å². The van der Waals surface area contributed by atoms with Gasteiger partial charge in [0, 0.05) is 11.8 Å². The highest BCUT2D eigenvalue weighted by atomic mass is 35.5. The van der Waals surface area contributed by atoms with Crippen LogP contribution in [0.1, 0.15) is 0 Å². The van der Waals surface area contributed by atoms with Gasteiger partial charge in [-0.1, -0.05) is 0 Å². The van der Waals surface area contributed by atoms with Crippen LogP contribution in [0.15, 0.2) is 30.6 Å². The molecular weight excluding hydrogens is 232 g/mol. The van der Waals surface area contributed by atoms with Gasteiger partial charge < -0.3 is 9.84 Å². The summed E-state index contributed by atoms with van der Waals surface area (Å²) in [5, 5.41) is 9.08. The molecule has 1 aromatic heterocycles. The van der Waals surface area contributed by atoms with E-state index < -0.39 is 0 Å². The van der Waals surface area contributed by atoms with Crippen LogP contribution >= 0.6 is 11.8 Å². The third kappa shape index (κ3) is 2.48. The van der Waals surface area contributed by atoms with E-state index in [1.54, 1.807) is 12.1 Å². The van der Waals surface area contributed by atoms with Crippen LogP contribution in [0.5, 0.6) is 17.5 Å². The minimum atomic E-state index is 0.115. The molecule has 0 unspecified atom stereocenters. The fourth-order valence-corrected chi connectivity index (χ4v) is 1.09. The van der Waals surface area contributed by atoms with Crippen molar-refractivity contribution in [2.24, 2.45) is 0 Å². The number of aromatic hydroxyl groups is 1. The van der Waals surface area contributed by atoms with Crippen molar-refractivity contribution in [3.63, 3.8) is 0 Å². The molecule has 0 bridgehead atoms. The van der Waals surface area contributed by atoms with E-state index in [0.717, 1.165) is 0 Å². The number of phenols is 1. The van der Waals surface area contributed by atoms with Gasteiger partial charge in [-0.2, -0.15) is 9.97 Å². The lowest BCUT2D eigenvalue weighted by atomic mass is 10.3. The van der Waals surface area contributed by atoms with E-state index in [-0.39, 0.29) is 17.7 Å². The van der Waals surface area contributed by atoms with Crippen LogP contribution in [-0.2, 0) is 0 Å². The van der Waals surface area contributed by atoms with Crippen molar-refractivity contribution in [1.82, 2.24) is 15.0 Å². The average molecular weight is 239 g/mol. The minimum absolute atomic E-state index is 0.115. The fraction of sp³-hybridized carbons (Fsp3) is 0. The summed E-state index contributed by atoms with van der Waals surface area (Å²) in [6, 6.07) is 6.29. The second-order valence-electron chi connectivity index (χ2n) is 2.78. The number of phenolic OH excluding ortho intramolecular Hbond substituents is 1. The summed E-state index contributed by atoms with van der Waals surface area (Å²) < 4.78 is 5.30. The number of ether oxygens (including phenoxy) is 1. The van der Waals surface area contributed by atoms with Gasteiger partial charge in [0.05, 0.1) is 0 Å². The maximum absolute atomic E-state index is 9.08. The SMILES string of the molecule is Oc1ccc(Oc2ncnc(NCl)n2)cc1. The molecule has 1 aromatic carbocycles. The molecule has 0 radical (unpaired) electrons. The number of nitrogens with one attached hydrogen (secondary N) is 1. The monoisotopic (exact) mass is 238 g/mol. The Hall–Kier alpha value is -2.08. The van der Waals surface area contributed by atoms with Crippen molar-refractivity contribution < 1.29 is 9.84 Å². The second-order valence-corrected chi connectivity index (χ2v) is 2.97. The number of anilines is 1. The number of benzene rings is 1. The molecule has 0 saturated heterocycles. The second kappa shape index (κ2) is 4.63. The van der Waals surface area contributed by atoms with Gasteiger partial charge in [0.2, 0.25) is 5.95 Å². The lowest BCUT2D eigenvalue weighted by Gasteiger charge is -2.03. The number of halogens is 1. The van der Waals surface area contributed by atoms with E-state index in [9.17, 15) is 0 Å². The number of hydrogen-bond donors (Lipinski definition) is 2. The molecule has 0 saturated carbocycles. The Morgan fingerprint density at radius 2 is 1.94 bits per heavy atom. The molecule has 0 fully saturated rings. The number of aromatic nitrogens is 3. The van der Waals surface area contributed by atoms with Crippen molar-refractivity contribution in [1.29, 1.82) is 0 Å². The fourth-order valence-electron chi connectivity index (χ4n) is 0.996. The first-order chi connectivity index (χ1) is 7.78. The van der Waals surface area contributed by atoms with Crippen molar-refractivity contribution in [3.05, 3.63) is 30.6 Å². The number of hydrogen-bond acceptors (Lipinski definition) is 6. The van der Waals surface area contributed by atoms with Gasteiger partial charge in [0.25, 0.3) is 0 Å². The van der Waals surface area contributed by atoms with Gasteiger partial charge in [0.15, 0.2) is 0 Å². The summed E-state index contributed by atoms with van der Waals surface area (Å²) >= 11 is 5.33. The van der Waals surface area contributed by atoms with E-state index in [4.69, 9.17) is 21.6 Å². The quantitative estimate of drug-likeness (QED) is 0.796. The van der Waals surface area contributed by atoms with Crippen LogP contribution in [0.25, 0.3) is 0 Å². The molecule has 7 heteroatoms. The van der Waals surface area contributed by atoms with E-state index in [1.165, 1.54) is 18.5 Å². The van der Waals surface area contributed by atoms with E-state index >= 15 is 0 Å². The maximum atomic E-state index is 9.08. The summed E-state index contributed by atoms with van der Waals surface area (Å²) in [6.07, 6.45) is 1.27. The molecule has 16 heavy (non-hydrogen) atoms. The van der Waals surface area contributed by atoms with Gasteiger partial charge in [-0.05, 0) is 24.3 Å². The molecule has 2 aromatic rings. The molecule has 0 aliphatic rings. The molecule has 0 atom stereocenters. The Balaban J connectivity index is 2.16. The molecule has 0 aliphatic heterocycles. The molecule has 1 heterocycles. The highest BCUT2D eigenvalue weighted by molar-refractivity contribution is 6.23. The maximum Gasteiger partial charge on any atom is 0.326 e.